The first kappa shape index (κ1) is 15.8. The van der Waals surface area contributed by atoms with E-state index >= 15 is 0 Å². The number of rotatable bonds is 10. The highest BCUT2D eigenvalue weighted by Crippen LogP contribution is 2.03. The van der Waals surface area contributed by atoms with Crippen LogP contribution in [0.4, 0.5) is 0 Å². The van der Waals surface area contributed by atoms with Gasteiger partial charge >= 0.3 is 0 Å². The van der Waals surface area contributed by atoms with Crippen molar-refractivity contribution in [2.24, 2.45) is 5.92 Å². The van der Waals surface area contributed by atoms with Crippen LogP contribution in [-0.2, 0) is 9.47 Å². The highest BCUT2D eigenvalue weighted by atomic mass is 16.7. The van der Waals surface area contributed by atoms with Gasteiger partial charge in [-0.15, -0.1) is 0 Å². The third-order valence-electron chi connectivity index (χ3n) is 2.49. The molecule has 0 unspecified atom stereocenters. The van der Waals surface area contributed by atoms with E-state index in [4.69, 9.17) is 14.6 Å². The minimum atomic E-state index is -0.131. The summed E-state index contributed by atoms with van der Waals surface area (Å²) in [5, 5.41) is 12.4. The molecule has 0 aromatic carbocycles. The van der Waals surface area contributed by atoms with E-state index < -0.39 is 0 Å². The van der Waals surface area contributed by atoms with Gasteiger partial charge in [-0.05, 0) is 19.8 Å². The summed E-state index contributed by atoms with van der Waals surface area (Å²) in [4.78, 5) is 0. The second-order valence-electron chi connectivity index (χ2n) is 4.12. The molecule has 2 N–H and O–H groups in total. The van der Waals surface area contributed by atoms with Gasteiger partial charge in [-0.1, -0.05) is 13.8 Å². The molecular formula is C12H27NO3. The van der Waals surface area contributed by atoms with Gasteiger partial charge in [0.15, 0.2) is 6.29 Å². The molecule has 4 nitrogen and oxygen atoms in total. The van der Waals surface area contributed by atoms with Crippen molar-refractivity contribution in [2.45, 2.75) is 46.4 Å². The van der Waals surface area contributed by atoms with E-state index in [0.29, 0.717) is 19.1 Å². The summed E-state index contributed by atoms with van der Waals surface area (Å²) in [6, 6.07) is 0.156. The number of hydrogen-bond donors (Lipinski definition) is 2. The van der Waals surface area contributed by atoms with Crippen molar-refractivity contribution in [2.75, 3.05) is 26.4 Å². The Hall–Kier alpha value is -0.160. The van der Waals surface area contributed by atoms with Gasteiger partial charge in [0.25, 0.3) is 0 Å². The van der Waals surface area contributed by atoms with Gasteiger partial charge in [0.1, 0.15) is 0 Å². The number of hydrogen-bond acceptors (Lipinski definition) is 4. The first-order chi connectivity index (χ1) is 7.65. The summed E-state index contributed by atoms with van der Waals surface area (Å²) in [6.45, 7) is 10.4. The van der Waals surface area contributed by atoms with Crippen LogP contribution in [0.2, 0.25) is 0 Å². The molecule has 0 saturated heterocycles. The van der Waals surface area contributed by atoms with Crippen LogP contribution in [0.15, 0.2) is 0 Å². The Kier molecular flexibility index (Phi) is 9.92. The summed E-state index contributed by atoms with van der Waals surface area (Å²) in [6.07, 6.45) is 0.680. The van der Waals surface area contributed by atoms with E-state index in [-0.39, 0.29) is 18.9 Å². The molecule has 0 bridgehead atoms. The normalized spacial score (nSPS) is 13.7. The molecule has 0 fully saturated rings. The Morgan fingerprint density at radius 2 is 1.69 bits per heavy atom. The summed E-state index contributed by atoms with van der Waals surface area (Å²) >= 11 is 0. The quantitative estimate of drug-likeness (QED) is 0.560. The minimum Gasteiger partial charge on any atom is -0.395 e. The third-order valence-corrected chi connectivity index (χ3v) is 2.49. The molecule has 98 valence electrons. The maximum atomic E-state index is 9.14. The fourth-order valence-electron chi connectivity index (χ4n) is 1.48. The zero-order chi connectivity index (χ0) is 12.4. The molecular weight excluding hydrogens is 206 g/mol. The molecule has 0 rings (SSSR count). The number of aliphatic hydroxyl groups is 1. The van der Waals surface area contributed by atoms with Crippen LogP contribution in [0.1, 0.15) is 34.1 Å². The molecule has 1 atom stereocenters. The van der Waals surface area contributed by atoms with Gasteiger partial charge in [-0.25, -0.2) is 0 Å². The van der Waals surface area contributed by atoms with E-state index in [1.165, 1.54) is 0 Å². The van der Waals surface area contributed by atoms with E-state index in [1.807, 2.05) is 13.8 Å². The van der Waals surface area contributed by atoms with Crippen molar-refractivity contribution in [3.8, 4) is 0 Å². The average Bonchev–Trinajstić information content (AvgIpc) is 2.24. The predicted octanol–water partition coefficient (Wildman–Crippen LogP) is 1.38. The summed E-state index contributed by atoms with van der Waals surface area (Å²) in [5.74, 6) is 0.433. The number of nitrogens with one attached hydrogen (secondary N) is 1. The number of aliphatic hydroxyl groups excluding tert-OH is 1. The van der Waals surface area contributed by atoms with Crippen LogP contribution < -0.4 is 5.32 Å². The van der Waals surface area contributed by atoms with Gasteiger partial charge in [-0.3, -0.25) is 0 Å². The lowest BCUT2D eigenvalue weighted by Crippen LogP contribution is -2.39. The SMILES string of the molecule is CCOC(CCN[C@H](CO)C(C)C)OCC. The zero-order valence-electron chi connectivity index (χ0n) is 11.0. The van der Waals surface area contributed by atoms with Crippen LogP contribution in [0.25, 0.3) is 0 Å². The van der Waals surface area contributed by atoms with Crippen molar-refractivity contribution in [3.05, 3.63) is 0 Å². The summed E-state index contributed by atoms with van der Waals surface area (Å²) in [5.41, 5.74) is 0. The monoisotopic (exact) mass is 233 g/mol. The molecule has 0 aromatic rings. The smallest absolute Gasteiger partial charge is 0.158 e. The first-order valence-corrected chi connectivity index (χ1v) is 6.23. The Morgan fingerprint density at radius 3 is 2.06 bits per heavy atom. The van der Waals surface area contributed by atoms with E-state index in [9.17, 15) is 0 Å². The molecule has 16 heavy (non-hydrogen) atoms. The first-order valence-electron chi connectivity index (χ1n) is 6.23. The molecule has 0 spiro atoms. The van der Waals surface area contributed by atoms with Crippen molar-refractivity contribution >= 4 is 0 Å². The Bertz CT molecular complexity index is 147. The topological polar surface area (TPSA) is 50.7 Å². The molecule has 0 amide bonds. The van der Waals surface area contributed by atoms with Crippen molar-refractivity contribution in [1.29, 1.82) is 0 Å². The van der Waals surface area contributed by atoms with Crippen LogP contribution >= 0.6 is 0 Å². The van der Waals surface area contributed by atoms with Crippen LogP contribution in [-0.4, -0.2) is 43.8 Å². The Labute approximate surface area is 99.3 Å². The van der Waals surface area contributed by atoms with Crippen LogP contribution in [0.5, 0.6) is 0 Å². The van der Waals surface area contributed by atoms with Crippen LogP contribution in [0.3, 0.4) is 0 Å². The second-order valence-corrected chi connectivity index (χ2v) is 4.12. The lowest BCUT2D eigenvalue weighted by atomic mass is 10.1. The standard InChI is InChI=1S/C12H27NO3/c1-5-15-12(16-6-2)7-8-13-11(9-14)10(3)4/h10-14H,5-9H2,1-4H3/t11-/m1/s1. The van der Waals surface area contributed by atoms with Crippen molar-refractivity contribution in [3.63, 3.8) is 0 Å². The Morgan fingerprint density at radius 1 is 1.12 bits per heavy atom. The van der Waals surface area contributed by atoms with Gasteiger partial charge in [0.2, 0.25) is 0 Å². The third kappa shape index (κ3) is 7.17. The fourth-order valence-corrected chi connectivity index (χ4v) is 1.48. The molecule has 4 heteroatoms. The second kappa shape index (κ2) is 10.0. The van der Waals surface area contributed by atoms with Gasteiger partial charge in [-0.2, -0.15) is 0 Å². The minimum absolute atomic E-state index is 0.131. The number of ether oxygens (including phenoxy) is 2. The van der Waals surface area contributed by atoms with E-state index in [1.54, 1.807) is 0 Å². The zero-order valence-corrected chi connectivity index (χ0v) is 11.0. The maximum Gasteiger partial charge on any atom is 0.158 e. The summed E-state index contributed by atoms with van der Waals surface area (Å²) in [7, 11) is 0. The van der Waals surface area contributed by atoms with E-state index in [2.05, 4.69) is 19.2 Å². The lowest BCUT2D eigenvalue weighted by Gasteiger charge is -2.22. The maximum absolute atomic E-state index is 9.14. The summed E-state index contributed by atoms with van der Waals surface area (Å²) < 4.78 is 10.9. The van der Waals surface area contributed by atoms with Crippen molar-refractivity contribution < 1.29 is 14.6 Å². The predicted molar refractivity (Wildman–Crippen MR) is 65.4 cm³/mol. The average molecular weight is 233 g/mol. The largest absolute Gasteiger partial charge is 0.395 e. The van der Waals surface area contributed by atoms with Crippen molar-refractivity contribution in [1.82, 2.24) is 5.32 Å². The van der Waals surface area contributed by atoms with Gasteiger partial charge < -0.3 is 19.9 Å². The molecule has 0 aliphatic heterocycles. The van der Waals surface area contributed by atoms with E-state index in [0.717, 1.165) is 13.0 Å². The molecule has 0 aliphatic carbocycles. The lowest BCUT2D eigenvalue weighted by molar-refractivity contribution is -0.139. The van der Waals surface area contributed by atoms with Gasteiger partial charge in [0.05, 0.1) is 6.61 Å². The highest BCUT2D eigenvalue weighted by molar-refractivity contribution is 4.69. The molecule has 0 aliphatic rings. The molecule has 0 radical (unpaired) electrons. The van der Waals surface area contributed by atoms with Crippen LogP contribution in [0, 0.1) is 5.92 Å². The molecule has 0 heterocycles. The Balaban J connectivity index is 3.74. The molecule has 0 saturated carbocycles. The molecule has 0 aromatic heterocycles. The van der Waals surface area contributed by atoms with Gasteiger partial charge in [0, 0.05) is 32.2 Å². The fraction of sp³-hybridized carbons (Fsp3) is 1.00. The highest BCUT2D eigenvalue weighted by Gasteiger charge is 2.13.